The van der Waals surface area contributed by atoms with E-state index in [0.29, 0.717) is 5.69 Å². The Morgan fingerprint density at radius 2 is 1.28 bits per heavy atom. The van der Waals surface area contributed by atoms with E-state index >= 15 is 0 Å². The lowest BCUT2D eigenvalue weighted by Crippen LogP contribution is -2.36. The predicted octanol–water partition coefficient (Wildman–Crippen LogP) is 3.25. The number of anilines is 1. The maximum absolute atomic E-state index is 12.1. The Hall–Kier alpha value is -2.29. The third-order valence-corrected chi connectivity index (χ3v) is 3.75. The summed E-state index contributed by atoms with van der Waals surface area (Å²) in [6.45, 7) is 10.0. The van der Waals surface area contributed by atoms with Crippen LogP contribution < -0.4 is 10.0 Å². The van der Waals surface area contributed by atoms with Gasteiger partial charge in [-0.05, 0) is 65.8 Å². The summed E-state index contributed by atoms with van der Waals surface area (Å²) in [7, 11) is -4.07. The third-order valence-electron chi connectivity index (χ3n) is 2.43. The van der Waals surface area contributed by atoms with Gasteiger partial charge >= 0.3 is 12.2 Å². The van der Waals surface area contributed by atoms with Crippen LogP contribution in [-0.4, -0.2) is 31.8 Å². The largest absolute Gasteiger partial charge is 0.444 e. The molecule has 0 bridgehead atoms. The summed E-state index contributed by atoms with van der Waals surface area (Å²) in [6.07, 6.45) is -1.72. The van der Waals surface area contributed by atoms with Crippen molar-refractivity contribution >= 4 is 27.9 Å². The van der Waals surface area contributed by atoms with Gasteiger partial charge < -0.3 is 9.47 Å². The molecule has 0 saturated carbocycles. The molecule has 0 heterocycles. The molecule has 0 aliphatic rings. The van der Waals surface area contributed by atoms with Crippen LogP contribution in [0.1, 0.15) is 41.5 Å². The minimum Gasteiger partial charge on any atom is -0.444 e. The lowest BCUT2D eigenvalue weighted by molar-refractivity contribution is 0.0568. The molecule has 1 rings (SSSR count). The molecular formula is C16H24N2O6S. The highest BCUT2D eigenvalue weighted by molar-refractivity contribution is 7.90. The van der Waals surface area contributed by atoms with Crippen molar-refractivity contribution in [3.8, 4) is 0 Å². The van der Waals surface area contributed by atoms with Crippen LogP contribution in [0.4, 0.5) is 15.3 Å². The molecule has 0 spiro atoms. The molecular weight excluding hydrogens is 348 g/mol. The van der Waals surface area contributed by atoms with Crippen LogP contribution in [0, 0.1) is 0 Å². The molecule has 0 aliphatic heterocycles. The van der Waals surface area contributed by atoms with Gasteiger partial charge in [-0.15, -0.1) is 0 Å². The molecule has 140 valence electrons. The number of hydrogen-bond donors (Lipinski definition) is 2. The molecule has 0 aromatic heterocycles. The van der Waals surface area contributed by atoms with Gasteiger partial charge in [-0.2, -0.15) is 0 Å². The Morgan fingerprint density at radius 1 is 0.840 bits per heavy atom. The maximum Gasteiger partial charge on any atom is 0.421 e. The summed E-state index contributed by atoms with van der Waals surface area (Å²) in [5, 5.41) is 2.48. The van der Waals surface area contributed by atoms with Crippen LogP contribution in [0.5, 0.6) is 0 Å². The Balaban J connectivity index is 2.78. The van der Waals surface area contributed by atoms with Gasteiger partial charge in [0.2, 0.25) is 0 Å². The van der Waals surface area contributed by atoms with Gasteiger partial charge in [0.15, 0.2) is 0 Å². The molecule has 25 heavy (non-hydrogen) atoms. The Kier molecular flexibility index (Phi) is 6.06. The van der Waals surface area contributed by atoms with Gasteiger partial charge in [0.05, 0.1) is 4.90 Å². The SMILES string of the molecule is CC(C)(C)OC(=O)Nc1ccc(S(=O)(=O)NC(=O)OC(C)(C)C)cc1. The van der Waals surface area contributed by atoms with E-state index in [4.69, 9.17) is 9.47 Å². The standard InChI is InChI=1S/C16H24N2O6S/c1-15(2,3)23-13(19)17-11-7-9-12(10-8-11)25(21,22)18-14(20)24-16(4,5)6/h7-10H,1-6H3,(H,17,19)(H,18,20). The number of nitrogens with one attached hydrogen (secondary N) is 2. The molecule has 9 heteroatoms. The van der Waals surface area contributed by atoms with Crippen LogP contribution in [-0.2, 0) is 19.5 Å². The predicted molar refractivity (Wildman–Crippen MR) is 92.9 cm³/mol. The highest BCUT2D eigenvalue weighted by atomic mass is 32.2. The minimum atomic E-state index is -4.07. The topological polar surface area (TPSA) is 111 Å². The average molecular weight is 372 g/mol. The number of benzene rings is 1. The van der Waals surface area contributed by atoms with Crippen molar-refractivity contribution in [3.63, 3.8) is 0 Å². The minimum absolute atomic E-state index is 0.145. The van der Waals surface area contributed by atoms with E-state index in [1.807, 2.05) is 4.72 Å². The highest BCUT2D eigenvalue weighted by Gasteiger charge is 2.23. The Bertz CT molecular complexity index is 727. The van der Waals surface area contributed by atoms with Crippen LogP contribution in [0.2, 0.25) is 0 Å². The van der Waals surface area contributed by atoms with E-state index in [-0.39, 0.29) is 4.90 Å². The molecule has 0 atom stereocenters. The molecule has 1 aromatic carbocycles. The van der Waals surface area contributed by atoms with Crippen molar-refractivity contribution < 1.29 is 27.5 Å². The number of carbonyl (C=O) groups is 2. The molecule has 0 radical (unpaired) electrons. The fraction of sp³-hybridized carbons (Fsp3) is 0.500. The first kappa shape index (κ1) is 20.8. The fourth-order valence-electron chi connectivity index (χ4n) is 1.61. The number of ether oxygens (including phenoxy) is 2. The second-order valence-electron chi connectivity index (χ2n) is 7.26. The summed E-state index contributed by atoms with van der Waals surface area (Å²) in [5.41, 5.74) is -1.11. The van der Waals surface area contributed by atoms with Crippen LogP contribution >= 0.6 is 0 Å². The second-order valence-corrected chi connectivity index (χ2v) is 8.94. The van der Waals surface area contributed by atoms with Crippen molar-refractivity contribution in [2.24, 2.45) is 0 Å². The molecule has 0 unspecified atom stereocenters. The number of carbonyl (C=O) groups excluding carboxylic acids is 2. The van der Waals surface area contributed by atoms with E-state index in [2.05, 4.69) is 5.32 Å². The normalized spacial score (nSPS) is 12.2. The zero-order valence-corrected chi connectivity index (χ0v) is 16.0. The van der Waals surface area contributed by atoms with Crippen molar-refractivity contribution in [2.75, 3.05) is 5.32 Å². The molecule has 0 fully saturated rings. The van der Waals surface area contributed by atoms with E-state index in [1.54, 1.807) is 41.5 Å². The maximum atomic E-state index is 12.1. The van der Waals surface area contributed by atoms with Crippen molar-refractivity contribution in [1.29, 1.82) is 0 Å². The summed E-state index contributed by atoms with van der Waals surface area (Å²) in [4.78, 5) is 23.1. The van der Waals surface area contributed by atoms with Gasteiger partial charge in [0.25, 0.3) is 10.0 Å². The zero-order valence-electron chi connectivity index (χ0n) is 15.2. The zero-order chi connectivity index (χ0) is 19.5. The van der Waals surface area contributed by atoms with Gasteiger partial charge in [-0.3, -0.25) is 5.32 Å². The van der Waals surface area contributed by atoms with Crippen molar-refractivity contribution in [2.45, 2.75) is 57.6 Å². The Morgan fingerprint density at radius 3 is 1.72 bits per heavy atom. The first-order valence-corrected chi connectivity index (χ1v) is 9.02. The lowest BCUT2D eigenvalue weighted by Gasteiger charge is -2.20. The van der Waals surface area contributed by atoms with Gasteiger partial charge in [0, 0.05) is 5.69 Å². The lowest BCUT2D eigenvalue weighted by atomic mass is 10.2. The number of sulfonamides is 1. The van der Waals surface area contributed by atoms with Crippen molar-refractivity contribution in [3.05, 3.63) is 24.3 Å². The van der Waals surface area contributed by atoms with Gasteiger partial charge in [0.1, 0.15) is 11.2 Å². The molecule has 0 saturated heterocycles. The van der Waals surface area contributed by atoms with Crippen LogP contribution in [0.15, 0.2) is 29.2 Å². The monoisotopic (exact) mass is 372 g/mol. The summed E-state index contributed by atoms with van der Waals surface area (Å²) in [5.74, 6) is 0. The van der Waals surface area contributed by atoms with Crippen molar-refractivity contribution in [1.82, 2.24) is 4.72 Å². The van der Waals surface area contributed by atoms with E-state index < -0.39 is 33.4 Å². The highest BCUT2D eigenvalue weighted by Crippen LogP contribution is 2.16. The first-order valence-electron chi connectivity index (χ1n) is 7.54. The van der Waals surface area contributed by atoms with Gasteiger partial charge in [-0.1, -0.05) is 0 Å². The Labute approximate surface area is 147 Å². The summed E-state index contributed by atoms with van der Waals surface area (Å²) < 4.78 is 36.1. The smallest absolute Gasteiger partial charge is 0.421 e. The third kappa shape index (κ3) is 7.88. The average Bonchev–Trinajstić information content (AvgIpc) is 2.33. The first-order chi connectivity index (χ1) is 11.2. The second kappa shape index (κ2) is 7.30. The molecule has 2 amide bonds. The van der Waals surface area contributed by atoms with E-state index in [1.165, 1.54) is 24.3 Å². The van der Waals surface area contributed by atoms with Gasteiger partial charge in [-0.25, -0.2) is 22.7 Å². The number of hydrogen-bond acceptors (Lipinski definition) is 6. The summed E-state index contributed by atoms with van der Waals surface area (Å²) >= 11 is 0. The summed E-state index contributed by atoms with van der Waals surface area (Å²) in [6, 6.07) is 5.26. The van der Waals surface area contributed by atoms with E-state index in [0.717, 1.165) is 0 Å². The molecule has 8 nitrogen and oxygen atoms in total. The van der Waals surface area contributed by atoms with Crippen LogP contribution in [0.3, 0.4) is 0 Å². The number of amides is 2. The fourth-order valence-corrected chi connectivity index (χ4v) is 2.48. The number of rotatable bonds is 3. The molecule has 1 aromatic rings. The molecule has 0 aliphatic carbocycles. The van der Waals surface area contributed by atoms with E-state index in [9.17, 15) is 18.0 Å². The molecule has 2 N–H and O–H groups in total. The quantitative estimate of drug-likeness (QED) is 0.842. The van der Waals surface area contributed by atoms with Crippen LogP contribution in [0.25, 0.3) is 0 Å².